The molecule has 4 nitrogen and oxygen atoms in total. The van der Waals surface area contributed by atoms with Gasteiger partial charge in [-0.1, -0.05) is 25.1 Å². The zero-order valence-corrected chi connectivity index (χ0v) is 10.6. The van der Waals surface area contributed by atoms with Crippen LogP contribution in [0.3, 0.4) is 0 Å². The molecule has 96 valence electrons. The monoisotopic (exact) mass is 245 g/mol. The summed E-state index contributed by atoms with van der Waals surface area (Å²) >= 11 is 0. The van der Waals surface area contributed by atoms with Crippen LogP contribution < -0.4 is 5.32 Å². The Morgan fingerprint density at radius 1 is 1.28 bits per heavy atom. The molecule has 0 aliphatic heterocycles. The fourth-order valence-electron chi connectivity index (χ4n) is 1.87. The van der Waals surface area contributed by atoms with Crippen molar-refractivity contribution >= 4 is 0 Å². The summed E-state index contributed by atoms with van der Waals surface area (Å²) in [6.45, 7) is 3.57. The molecule has 0 saturated heterocycles. The first kappa shape index (κ1) is 12.8. The number of aliphatic hydroxyl groups is 1. The van der Waals surface area contributed by atoms with E-state index in [1.54, 1.807) is 10.9 Å². The van der Waals surface area contributed by atoms with Crippen molar-refractivity contribution in [2.24, 2.45) is 0 Å². The molecule has 0 fully saturated rings. The van der Waals surface area contributed by atoms with Crippen molar-refractivity contribution in [1.82, 2.24) is 15.1 Å². The summed E-state index contributed by atoms with van der Waals surface area (Å²) in [4.78, 5) is 0. The quantitative estimate of drug-likeness (QED) is 0.764. The molecule has 0 bridgehead atoms. The van der Waals surface area contributed by atoms with Gasteiger partial charge in [-0.3, -0.25) is 0 Å². The van der Waals surface area contributed by atoms with E-state index >= 15 is 0 Å². The maximum absolute atomic E-state index is 10.2. The molecule has 2 aromatic rings. The topological polar surface area (TPSA) is 50.1 Å². The average molecular weight is 245 g/mol. The van der Waals surface area contributed by atoms with E-state index in [4.69, 9.17) is 0 Å². The van der Waals surface area contributed by atoms with Crippen LogP contribution in [-0.2, 0) is 0 Å². The van der Waals surface area contributed by atoms with Gasteiger partial charge < -0.3 is 10.4 Å². The normalized spacial score (nSPS) is 12.6. The van der Waals surface area contributed by atoms with Gasteiger partial charge >= 0.3 is 0 Å². The van der Waals surface area contributed by atoms with E-state index in [-0.39, 0.29) is 0 Å². The second kappa shape index (κ2) is 6.33. The van der Waals surface area contributed by atoms with Gasteiger partial charge in [0.1, 0.15) is 6.10 Å². The Labute approximate surface area is 107 Å². The number of rotatable bonds is 6. The molecule has 1 atom stereocenters. The van der Waals surface area contributed by atoms with Crippen LogP contribution in [-0.4, -0.2) is 28.0 Å². The summed E-state index contributed by atoms with van der Waals surface area (Å²) in [5, 5.41) is 17.6. The molecular formula is C14H19N3O. The lowest BCUT2D eigenvalue weighted by atomic mass is 10.2. The minimum absolute atomic E-state index is 0.542. The molecule has 2 rings (SSSR count). The van der Waals surface area contributed by atoms with Crippen LogP contribution >= 0.6 is 0 Å². The van der Waals surface area contributed by atoms with Crippen molar-refractivity contribution in [3.63, 3.8) is 0 Å². The summed E-state index contributed by atoms with van der Waals surface area (Å²) in [6.07, 6.45) is 2.23. The van der Waals surface area contributed by atoms with Crippen LogP contribution in [0.5, 0.6) is 0 Å². The lowest BCUT2D eigenvalue weighted by Crippen LogP contribution is -2.23. The van der Waals surface area contributed by atoms with Gasteiger partial charge in [-0.15, -0.1) is 0 Å². The van der Waals surface area contributed by atoms with E-state index in [0.29, 0.717) is 6.54 Å². The summed E-state index contributed by atoms with van der Waals surface area (Å²) < 4.78 is 1.78. The Morgan fingerprint density at radius 2 is 2.06 bits per heavy atom. The van der Waals surface area contributed by atoms with Crippen molar-refractivity contribution in [1.29, 1.82) is 0 Å². The van der Waals surface area contributed by atoms with E-state index in [9.17, 15) is 5.11 Å². The van der Waals surface area contributed by atoms with Crippen LogP contribution in [0.1, 0.15) is 25.1 Å². The van der Waals surface area contributed by atoms with Gasteiger partial charge in [0.25, 0.3) is 0 Å². The molecule has 18 heavy (non-hydrogen) atoms. The first-order valence-corrected chi connectivity index (χ1v) is 6.31. The van der Waals surface area contributed by atoms with Crippen molar-refractivity contribution in [2.75, 3.05) is 13.1 Å². The van der Waals surface area contributed by atoms with Crippen LogP contribution in [0, 0.1) is 0 Å². The minimum atomic E-state index is -0.542. The predicted octanol–water partition coefficient (Wildman–Crippen LogP) is 1.91. The summed E-state index contributed by atoms with van der Waals surface area (Å²) in [5.41, 5.74) is 1.77. The second-order valence-corrected chi connectivity index (χ2v) is 4.22. The Bertz CT molecular complexity index is 467. The third-order valence-electron chi connectivity index (χ3n) is 2.78. The van der Waals surface area contributed by atoms with Gasteiger partial charge in [0.2, 0.25) is 0 Å². The Morgan fingerprint density at radius 3 is 2.78 bits per heavy atom. The molecule has 2 N–H and O–H groups in total. The van der Waals surface area contributed by atoms with Gasteiger partial charge in [-0.2, -0.15) is 5.10 Å². The zero-order chi connectivity index (χ0) is 12.8. The second-order valence-electron chi connectivity index (χ2n) is 4.22. The molecule has 0 saturated carbocycles. The highest BCUT2D eigenvalue weighted by Crippen LogP contribution is 2.16. The average Bonchev–Trinajstić information content (AvgIpc) is 2.89. The van der Waals surface area contributed by atoms with E-state index < -0.39 is 6.10 Å². The first-order chi connectivity index (χ1) is 8.83. The molecule has 1 unspecified atom stereocenters. The van der Waals surface area contributed by atoms with Gasteiger partial charge in [-0.05, 0) is 31.2 Å². The van der Waals surface area contributed by atoms with Gasteiger partial charge in [0, 0.05) is 12.7 Å². The fraction of sp³-hybridized carbons (Fsp3) is 0.357. The van der Waals surface area contributed by atoms with Crippen molar-refractivity contribution in [3.8, 4) is 5.69 Å². The SMILES string of the molecule is CCCNCC(O)c1ccnn1-c1ccccc1. The van der Waals surface area contributed by atoms with E-state index in [1.807, 2.05) is 36.4 Å². The zero-order valence-electron chi connectivity index (χ0n) is 10.6. The predicted molar refractivity (Wildman–Crippen MR) is 71.7 cm³/mol. The third-order valence-corrected chi connectivity index (χ3v) is 2.78. The Kier molecular flexibility index (Phi) is 4.50. The molecule has 0 aliphatic rings. The number of nitrogens with one attached hydrogen (secondary N) is 1. The fourth-order valence-corrected chi connectivity index (χ4v) is 1.87. The molecule has 1 aromatic carbocycles. The number of para-hydroxylation sites is 1. The molecule has 0 amide bonds. The lowest BCUT2D eigenvalue weighted by Gasteiger charge is -2.14. The lowest BCUT2D eigenvalue weighted by molar-refractivity contribution is 0.167. The number of hydrogen-bond donors (Lipinski definition) is 2. The molecule has 0 radical (unpaired) electrons. The number of aromatic nitrogens is 2. The number of hydrogen-bond acceptors (Lipinski definition) is 3. The largest absolute Gasteiger partial charge is 0.385 e. The van der Waals surface area contributed by atoms with Gasteiger partial charge in [0.05, 0.1) is 11.4 Å². The summed E-state index contributed by atoms with van der Waals surface area (Å²) in [6, 6.07) is 11.7. The maximum Gasteiger partial charge on any atom is 0.108 e. The van der Waals surface area contributed by atoms with Crippen LogP contribution in [0.15, 0.2) is 42.6 Å². The molecule has 1 heterocycles. The molecule has 1 aromatic heterocycles. The summed E-state index contributed by atoms with van der Waals surface area (Å²) in [5.74, 6) is 0. The smallest absolute Gasteiger partial charge is 0.108 e. The Hall–Kier alpha value is -1.65. The molecule has 0 spiro atoms. The van der Waals surface area contributed by atoms with Crippen LogP contribution in [0.4, 0.5) is 0 Å². The number of nitrogens with zero attached hydrogens (tertiary/aromatic N) is 2. The minimum Gasteiger partial charge on any atom is -0.385 e. The maximum atomic E-state index is 10.2. The van der Waals surface area contributed by atoms with Crippen molar-refractivity contribution in [3.05, 3.63) is 48.3 Å². The molecular weight excluding hydrogens is 226 g/mol. The van der Waals surface area contributed by atoms with E-state index in [1.165, 1.54) is 0 Å². The number of aliphatic hydroxyl groups excluding tert-OH is 1. The highest BCUT2D eigenvalue weighted by atomic mass is 16.3. The van der Waals surface area contributed by atoms with Crippen LogP contribution in [0.25, 0.3) is 5.69 Å². The summed E-state index contributed by atoms with van der Waals surface area (Å²) in [7, 11) is 0. The van der Waals surface area contributed by atoms with Gasteiger partial charge in [-0.25, -0.2) is 4.68 Å². The highest BCUT2D eigenvalue weighted by Gasteiger charge is 2.13. The molecule has 0 aliphatic carbocycles. The first-order valence-electron chi connectivity index (χ1n) is 6.31. The van der Waals surface area contributed by atoms with Crippen LogP contribution in [0.2, 0.25) is 0 Å². The van der Waals surface area contributed by atoms with Crippen molar-refractivity contribution < 1.29 is 5.11 Å². The Balaban J connectivity index is 2.12. The van der Waals surface area contributed by atoms with E-state index in [0.717, 1.165) is 24.3 Å². The standard InChI is InChI=1S/C14H19N3O/c1-2-9-15-11-14(18)13-8-10-16-17(13)12-6-4-3-5-7-12/h3-8,10,14-15,18H,2,9,11H2,1H3. The van der Waals surface area contributed by atoms with Crippen molar-refractivity contribution in [2.45, 2.75) is 19.4 Å². The molecule has 4 heteroatoms. The van der Waals surface area contributed by atoms with E-state index in [2.05, 4.69) is 17.3 Å². The number of benzene rings is 1. The third kappa shape index (κ3) is 2.97. The highest BCUT2D eigenvalue weighted by molar-refractivity contribution is 5.32. The van der Waals surface area contributed by atoms with Gasteiger partial charge in [0.15, 0.2) is 0 Å².